The Morgan fingerprint density at radius 3 is 3.21 bits per heavy atom. The molecule has 1 aliphatic heterocycles. The topological polar surface area (TPSA) is 30.5 Å². The zero-order chi connectivity index (χ0) is 10.2. The van der Waals surface area contributed by atoms with Crippen molar-refractivity contribution in [1.29, 1.82) is 0 Å². The Morgan fingerprint density at radius 1 is 1.71 bits per heavy atom. The van der Waals surface area contributed by atoms with Gasteiger partial charge in [0.1, 0.15) is 0 Å². The standard InChI is InChI=1S/C11H19NO2/c1-3-6-12-8-10(2)14-9-11-5-4-7-13-11/h1,10-12H,4-9H2,2H3. The molecule has 3 heteroatoms. The zero-order valence-electron chi connectivity index (χ0n) is 8.79. The molecule has 14 heavy (non-hydrogen) atoms. The molecule has 0 radical (unpaired) electrons. The van der Waals surface area contributed by atoms with Gasteiger partial charge in [0, 0.05) is 13.2 Å². The van der Waals surface area contributed by atoms with Gasteiger partial charge in [0.2, 0.25) is 0 Å². The fourth-order valence-corrected chi connectivity index (χ4v) is 1.45. The van der Waals surface area contributed by atoms with Crippen LogP contribution in [0.2, 0.25) is 0 Å². The lowest BCUT2D eigenvalue weighted by Gasteiger charge is -2.16. The van der Waals surface area contributed by atoms with Crippen molar-refractivity contribution in [2.75, 3.05) is 26.3 Å². The predicted molar refractivity (Wildman–Crippen MR) is 56.1 cm³/mol. The van der Waals surface area contributed by atoms with Gasteiger partial charge in [0.25, 0.3) is 0 Å². The number of hydrogen-bond donors (Lipinski definition) is 1. The summed E-state index contributed by atoms with van der Waals surface area (Å²) in [5, 5.41) is 3.11. The first-order valence-electron chi connectivity index (χ1n) is 5.20. The van der Waals surface area contributed by atoms with Crippen LogP contribution in [-0.2, 0) is 9.47 Å². The Balaban J connectivity index is 1.97. The summed E-state index contributed by atoms with van der Waals surface area (Å²) >= 11 is 0. The third-order valence-electron chi connectivity index (χ3n) is 2.25. The van der Waals surface area contributed by atoms with Gasteiger partial charge < -0.3 is 14.8 Å². The summed E-state index contributed by atoms with van der Waals surface area (Å²) in [7, 11) is 0. The van der Waals surface area contributed by atoms with Crippen LogP contribution in [0.5, 0.6) is 0 Å². The summed E-state index contributed by atoms with van der Waals surface area (Å²) in [6.45, 7) is 5.04. The van der Waals surface area contributed by atoms with Crippen molar-refractivity contribution in [3.05, 3.63) is 0 Å². The molecule has 1 heterocycles. The molecule has 0 aliphatic carbocycles. The van der Waals surface area contributed by atoms with Crippen molar-refractivity contribution in [1.82, 2.24) is 5.32 Å². The molecular formula is C11H19NO2. The van der Waals surface area contributed by atoms with Crippen LogP contribution in [-0.4, -0.2) is 38.5 Å². The molecular weight excluding hydrogens is 178 g/mol. The second-order valence-corrected chi connectivity index (χ2v) is 3.61. The Hall–Kier alpha value is -0.560. The van der Waals surface area contributed by atoms with E-state index in [0.717, 1.165) is 26.0 Å². The van der Waals surface area contributed by atoms with E-state index >= 15 is 0 Å². The van der Waals surface area contributed by atoms with Crippen LogP contribution in [0, 0.1) is 12.3 Å². The molecule has 0 spiro atoms. The molecule has 0 aromatic heterocycles. The van der Waals surface area contributed by atoms with E-state index in [9.17, 15) is 0 Å². The molecule has 0 aromatic carbocycles. The molecule has 0 bridgehead atoms. The van der Waals surface area contributed by atoms with Gasteiger partial charge in [-0.05, 0) is 19.8 Å². The maximum absolute atomic E-state index is 5.62. The average molecular weight is 197 g/mol. The lowest BCUT2D eigenvalue weighted by molar-refractivity contribution is -0.0129. The quantitative estimate of drug-likeness (QED) is 0.504. The highest BCUT2D eigenvalue weighted by Crippen LogP contribution is 2.12. The van der Waals surface area contributed by atoms with E-state index in [1.54, 1.807) is 0 Å². The van der Waals surface area contributed by atoms with Crippen LogP contribution in [0.3, 0.4) is 0 Å². The first-order chi connectivity index (χ1) is 6.83. The summed E-state index contributed by atoms with van der Waals surface area (Å²) in [6, 6.07) is 0. The van der Waals surface area contributed by atoms with Crippen LogP contribution in [0.4, 0.5) is 0 Å². The molecule has 1 N–H and O–H groups in total. The first-order valence-corrected chi connectivity index (χ1v) is 5.20. The van der Waals surface area contributed by atoms with Gasteiger partial charge in [-0.2, -0.15) is 0 Å². The van der Waals surface area contributed by atoms with E-state index in [1.807, 2.05) is 6.92 Å². The number of terminal acetylenes is 1. The predicted octanol–water partition coefficient (Wildman–Crippen LogP) is 0.793. The van der Waals surface area contributed by atoms with Crippen molar-refractivity contribution < 1.29 is 9.47 Å². The maximum atomic E-state index is 5.62. The van der Waals surface area contributed by atoms with Crippen molar-refractivity contribution >= 4 is 0 Å². The van der Waals surface area contributed by atoms with Crippen LogP contribution in [0.1, 0.15) is 19.8 Å². The van der Waals surface area contributed by atoms with Crippen LogP contribution in [0.25, 0.3) is 0 Å². The normalized spacial score (nSPS) is 23.3. The van der Waals surface area contributed by atoms with Gasteiger partial charge >= 0.3 is 0 Å². The lowest BCUT2D eigenvalue weighted by atomic mass is 10.2. The van der Waals surface area contributed by atoms with Gasteiger partial charge in [-0.3, -0.25) is 0 Å². The molecule has 2 unspecified atom stereocenters. The molecule has 0 aromatic rings. The molecule has 2 atom stereocenters. The van der Waals surface area contributed by atoms with Gasteiger partial charge in [-0.15, -0.1) is 6.42 Å². The number of ether oxygens (including phenoxy) is 2. The molecule has 80 valence electrons. The SMILES string of the molecule is C#CCNCC(C)OCC1CCCO1. The number of rotatable bonds is 6. The summed E-state index contributed by atoms with van der Waals surface area (Å²) < 4.78 is 11.1. The minimum Gasteiger partial charge on any atom is -0.376 e. The highest BCUT2D eigenvalue weighted by Gasteiger charge is 2.16. The minimum absolute atomic E-state index is 0.201. The fourth-order valence-electron chi connectivity index (χ4n) is 1.45. The summed E-state index contributed by atoms with van der Waals surface area (Å²) in [4.78, 5) is 0. The maximum Gasteiger partial charge on any atom is 0.0809 e. The van der Waals surface area contributed by atoms with Crippen LogP contribution in [0.15, 0.2) is 0 Å². The third-order valence-corrected chi connectivity index (χ3v) is 2.25. The molecule has 1 saturated heterocycles. The third kappa shape index (κ3) is 4.61. The molecule has 1 aliphatic rings. The van der Waals surface area contributed by atoms with E-state index in [0.29, 0.717) is 19.3 Å². The molecule has 0 saturated carbocycles. The summed E-state index contributed by atoms with van der Waals surface area (Å²) in [5.41, 5.74) is 0. The van der Waals surface area contributed by atoms with Gasteiger partial charge in [-0.1, -0.05) is 5.92 Å². The van der Waals surface area contributed by atoms with Crippen molar-refractivity contribution in [2.24, 2.45) is 0 Å². The average Bonchev–Trinajstić information content (AvgIpc) is 2.68. The zero-order valence-corrected chi connectivity index (χ0v) is 8.79. The number of nitrogens with one attached hydrogen (secondary N) is 1. The highest BCUT2D eigenvalue weighted by molar-refractivity contribution is 4.86. The van der Waals surface area contributed by atoms with E-state index in [4.69, 9.17) is 15.9 Å². The Kier molecular flexibility index (Phi) is 5.62. The fraction of sp³-hybridized carbons (Fsp3) is 0.818. The van der Waals surface area contributed by atoms with E-state index in [-0.39, 0.29) is 6.10 Å². The Labute approximate surface area is 86.2 Å². The first kappa shape index (κ1) is 11.5. The molecule has 3 nitrogen and oxygen atoms in total. The largest absolute Gasteiger partial charge is 0.376 e. The second kappa shape index (κ2) is 6.83. The van der Waals surface area contributed by atoms with Crippen LogP contribution >= 0.6 is 0 Å². The highest BCUT2D eigenvalue weighted by atomic mass is 16.5. The number of hydrogen-bond acceptors (Lipinski definition) is 3. The van der Waals surface area contributed by atoms with E-state index < -0.39 is 0 Å². The van der Waals surface area contributed by atoms with Gasteiger partial charge in [0.05, 0.1) is 25.4 Å². The van der Waals surface area contributed by atoms with Crippen molar-refractivity contribution in [3.8, 4) is 12.3 Å². The monoisotopic (exact) mass is 197 g/mol. The van der Waals surface area contributed by atoms with Crippen molar-refractivity contribution in [3.63, 3.8) is 0 Å². The van der Waals surface area contributed by atoms with E-state index in [1.165, 1.54) is 0 Å². The van der Waals surface area contributed by atoms with Crippen LogP contribution < -0.4 is 5.32 Å². The summed E-state index contributed by atoms with van der Waals surface area (Å²) in [6.07, 6.45) is 7.92. The Bertz CT molecular complexity index is 182. The van der Waals surface area contributed by atoms with E-state index in [2.05, 4.69) is 11.2 Å². The molecule has 0 amide bonds. The Morgan fingerprint density at radius 2 is 2.57 bits per heavy atom. The second-order valence-electron chi connectivity index (χ2n) is 3.61. The van der Waals surface area contributed by atoms with Crippen molar-refractivity contribution in [2.45, 2.75) is 32.0 Å². The lowest BCUT2D eigenvalue weighted by Crippen LogP contribution is -2.29. The molecule has 1 fully saturated rings. The minimum atomic E-state index is 0.201. The van der Waals surface area contributed by atoms with Gasteiger partial charge in [-0.25, -0.2) is 0 Å². The van der Waals surface area contributed by atoms with Gasteiger partial charge in [0.15, 0.2) is 0 Å². The molecule has 1 rings (SSSR count). The smallest absolute Gasteiger partial charge is 0.0809 e. The summed E-state index contributed by atoms with van der Waals surface area (Å²) in [5.74, 6) is 2.53.